The van der Waals surface area contributed by atoms with Gasteiger partial charge in [0, 0.05) is 12.1 Å². The van der Waals surface area contributed by atoms with E-state index in [9.17, 15) is 0 Å². The lowest BCUT2D eigenvalue weighted by molar-refractivity contribution is 0.145. The highest BCUT2D eigenvalue weighted by Gasteiger charge is 2.47. The van der Waals surface area contributed by atoms with Crippen LogP contribution in [0, 0.1) is 5.92 Å². The minimum atomic E-state index is 0.634. The van der Waals surface area contributed by atoms with E-state index < -0.39 is 0 Å². The molecule has 0 radical (unpaired) electrons. The number of benzene rings is 1. The van der Waals surface area contributed by atoms with Crippen molar-refractivity contribution in [3.8, 4) is 11.5 Å². The summed E-state index contributed by atoms with van der Waals surface area (Å²) in [7, 11) is 3.45. The van der Waals surface area contributed by atoms with Crippen LogP contribution in [0.3, 0.4) is 0 Å². The van der Waals surface area contributed by atoms with Gasteiger partial charge in [0.05, 0.1) is 14.2 Å². The fourth-order valence-electron chi connectivity index (χ4n) is 4.69. The highest BCUT2D eigenvalue weighted by molar-refractivity contribution is 5.51. The Morgan fingerprint density at radius 1 is 1.10 bits per heavy atom. The molecule has 20 heavy (non-hydrogen) atoms. The van der Waals surface area contributed by atoms with Gasteiger partial charge in [0.25, 0.3) is 0 Å². The summed E-state index contributed by atoms with van der Waals surface area (Å²) in [5, 5.41) is 0. The Labute approximate surface area is 120 Å². The molecule has 2 saturated heterocycles. The second-order valence-electron chi connectivity index (χ2n) is 6.44. The van der Waals surface area contributed by atoms with Crippen LogP contribution in [0.5, 0.6) is 11.5 Å². The summed E-state index contributed by atoms with van der Waals surface area (Å²) in [4.78, 5) is 2.77. The molecule has 3 heteroatoms. The van der Waals surface area contributed by atoms with E-state index in [0.717, 1.165) is 23.5 Å². The number of fused-ring (bicyclic) bond motifs is 5. The van der Waals surface area contributed by atoms with Gasteiger partial charge < -0.3 is 9.47 Å². The zero-order valence-electron chi connectivity index (χ0n) is 12.4. The molecule has 2 fully saturated rings. The maximum Gasteiger partial charge on any atom is 0.161 e. The van der Waals surface area contributed by atoms with Crippen LogP contribution in [-0.2, 0) is 6.42 Å². The van der Waals surface area contributed by atoms with Crippen molar-refractivity contribution >= 4 is 0 Å². The fraction of sp³-hybridized carbons (Fsp3) is 0.647. The molecule has 1 aliphatic carbocycles. The molecule has 0 bridgehead atoms. The van der Waals surface area contributed by atoms with E-state index in [4.69, 9.17) is 9.47 Å². The molecule has 0 unspecified atom stereocenters. The average Bonchev–Trinajstić information content (AvgIpc) is 3.00. The lowest BCUT2D eigenvalue weighted by atomic mass is 9.97. The molecule has 1 aromatic rings. The van der Waals surface area contributed by atoms with E-state index in [1.54, 1.807) is 14.2 Å². The van der Waals surface area contributed by atoms with Crippen molar-refractivity contribution in [3.05, 3.63) is 23.3 Å². The van der Waals surface area contributed by atoms with Gasteiger partial charge in [0.1, 0.15) is 0 Å². The molecule has 0 aromatic heterocycles. The Morgan fingerprint density at radius 2 is 1.90 bits per heavy atom. The predicted molar refractivity (Wildman–Crippen MR) is 78.4 cm³/mol. The summed E-state index contributed by atoms with van der Waals surface area (Å²) >= 11 is 0. The van der Waals surface area contributed by atoms with Crippen LogP contribution in [0.4, 0.5) is 0 Å². The Hall–Kier alpha value is -1.22. The number of piperidine rings is 1. The maximum atomic E-state index is 5.50. The Morgan fingerprint density at radius 3 is 2.70 bits per heavy atom. The van der Waals surface area contributed by atoms with Crippen molar-refractivity contribution in [2.24, 2.45) is 5.92 Å². The molecule has 1 aromatic carbocycles. The first kappa shape index (κ1) is 12.5. The number of methoxy groups -OCH3 is 2. The summed E-state index contributed by atoms with van der Waals surface area (Å²) in [6.45, 7) is 1.28. The molecule has 3 atom stereocenters. The van der Waals surface area contributed by atoms with Crippen LogP contribution in [0.15, 0.2) is 12.1 Å². The predicted octanol–water partition coefficient (Wildman–Crippen LogP) is 3.18. The van der Waals surface area contributed by atoms with E-state index in [1.807, 2.05) is 0 Å². The minimum Gasteiger partial charge on any atom is -0.493 e. The lowest BCUT2D eigenvalue weighted by Crippen LogP contribution is -2.35. The summed E-state index contributed by atoms with van der Waals surface area (Å²) in [5.41, 5.74) is 2.97. The Balaban J connectivity index is 1.74. The molecule has 108 valence electrons. The van der Waals surface area contributed by atoms with Crippen molar-refractivity contribution in [3.63, 3.8) is 0 Å². The fourth-order valence-corrected chi connectivity index (χ4v) is 4.69. The summed E-state index contributed by atoms with van der Waals surface area (Å²) in [5.74, 6) is 2.57. The largest absolute Gasteiger partial charge is 0.493 e. The second-order valence-corrected chi connectivity index (χ2v) is 6.44. The zero-order valence-corrected chi connectivity index (χ0v) is 12.4. The smallest absolute Gasteiger partial charge is 0.161 e. The van der Waals surface area contributed by atoms with E-state index >= 15 is 0 Å². The van der Waals surface area contributed by atoms with Gasteiger partial charge >= 0.3 is 0 Å². The zero-order chi connectivity index (χ0) is 13.7. The van der Waals surface area contributed by atoms with Gasteiger partial charge in [0.15, 0.2) is 11.5 Å². The average molecular weight is 273 g/mol. The van der Waals surface area contributed by atoms with Gasteiger partial charge in [0.2, 0.25) is 0 Å². The topological polar surface area (TPSA) is 21.7 Å². The molecular formula is C17H23NO2. The molecule has 2 heterocycles. The Kier molecular flexibility index (Phi) is 2.92. The highest BCUT2D eigenvalue weighted by atomic mass is 16.5. The highest BCUT2D eigenvalue weighted by Crippen LogP contribution is 2.52. The van der Waals surface area contributed by atoms with E-state index in [-0.39, 0.29) is 0 Å². The molecule has 4 rings (SSSR count). The third-order valence-electron chi connectivity index (χ3n) is 5.50. The lowest BCUT2D eigenvalue weighted by Gasteiger charge is -2.34. The molecular weight excluding hydrogens is 250 g/mol. The number of hydrogen-bond donors (Lipinski definition) is 0. The van der Waals surface area contributed by atoms with Crippen molar-refractivity contribution < 1.29 is 9.47 Å². The molecule has 0 amide bonds. The van der Waals surface area contributed by atoms with Gasteiger partial charge in [-0.1, -0.05) is 6.42 Å². The number of ether oxygens (including phenoxy) is 2. The Bertz CT molecular complexity index is 528. The molecule has 0 N–H and O–H groups in total. The minimum absolute atomic E-state index is 0.634. The SMILES string of the molecule is COc1cc2c(cc1OC)[C@@H]1[C@@H](C2)C[C@@H]2CCCCN21. The van der Waals surface area contributed by atoms with Gasteiger partial charge in [-0.2, -0.15) is 0 Å². The van der Waals surface area contributed by atoms with Gasteiger partial charge in [-0.05, 0) is 61.4 Å². The van der Waals surface area contributed by atoms with E-state index in [0.29, 0.717) is 6.04 Å². The number of rotatable bonds is 2. The van der Waals surface area contributed by atoms with Crippen molar-refractivity contribution in [2.75, 3.05) is 20.8 Å². The maximum absolute atomic E-state index is 5.50. The summed E-state index contributed by atoms with van der Waals surface area (Å²) in [6, 6.07) is 5.90. The molecule has 0 saturated carbocycles. The van der Waals surface area contributed by atoms with Gasteiger partial charge in [-0.25, -0.2) is 0 Å². The van der Waals surface area contributed by atoms with Crippen LogP contribution in [0.25, 0.3) is 0 Å². The monoisotopic (exact) mass is 273 g/mol. The number of nitrogens with zero attached hydrogens (tertiary/aromatic N) is 1. The van der Waals surface area contributed by atoms with E-state index in [2.05, 4.69) is 17.0 Å². The molecule has 3 nitrogen and oxygen atoms in total. The second kappa shape index (κ2) is 4.66. The van der Waals surface area contributed by atoms with Crippen LogP contribution in [-0.4, -0.2) is 31.7 Å². The van der Waals surface area contributed by atoms with E-state index in [1.165, 1.54) is 49.8 Å². The van der Waals surface area contributed by atoms with Crippen molar-refractivity contribution in [1.82, 2.24) is 4.90 Å². The summed E-state index contributed by atoms with van der Waals surface area (Å²) in [6.07, 6.45) is 6.77. The third-order valence-corrected chi connectivity index (χ3v) is 5.50. The van der Waals surface area contributed by atoms with Crippen LogP contribution in [0.2, 0.25) is 0 Å². The van der Waals surface area contributed by atoms with Crippen LogP contribution in [0.1, 0.15) is 42.9 Å². The van der Waals surface area contributed by atoms with Gasteiger partial charge in [-0.15, -0.1) is 0 Å². The molecule has 2 aliphatic heterocycles. The summed E-state index contributed by atoms with van der Waals surface area (Å²) < 4.78 is 11.0. The van der Waals surface area contributed by atoms with Crippen LogP contribution < -0.4 is 9.47 Å². The first-order valence-corrected chi connectivity index (χ1v) is 7.82. The van der Waals surface area contributed by atoms with Crippen molar-refractivity contribution in [2.45, 2.75) is 44.2 Å². The van der Waals surface area contributed by atoms with Crippen molar-refractivity contribution in [1.29, 1.82) is 0 Å². The first-order chi connectivity index (χ1) is 9.81. The first-order valence-electron chi connectivity index (χ1n) is 7.82. The number of hydrogen-bond acceptors (Lipinski definition) is 3. The van der Waals surface area contributed by atoms with Gasteiger partial charge in [-0.3, -0.25) is 4.90 Å². The van der Waals surface area contributed by atoms with Crippen LogP contribution >= 0.6 is 0 Å². The quantitative estimate of drug-likeness (QED) is 0.826. The standard InChI is InChI=1S/C17H23NO2/c1-19-15-9-11-7-12-8-13-5-3-4-6-18(13)17(12)14(11)10-16(15)20-2/h9-10,12-13,17H,3-8H2,1-2H3/t12-,13-,17-/m0/s1. The molecule has 3 aliphatic rings. The molecule has 0 spiro atoms. The third kappa shape index (κ3) is 1.69. The normalized spacial score (nSPS) is 31.6.